The van der Waals surface area contributed by atoms with Crippen molar-refractivity contribution in [1.82, 2.24) is 4.98 Å². The molecule has 2 heterocycles. The molecule has 0 aromatic carbocycles. The van der Waals surface area contributed by atoms with E-state index in [9.17, 15) is 0 Å². The van der Waals surface area contributed by atoms with Gasteiger partial charge in [0.2, 0.25) is 0 Å². The van der Waals surface area contributed by atoms with Gasteiger partial charge in [-0.3, -0.25) is 4.98 Å². The number of ether oxygens (including phenoxy) is 2. The summed E-state index contributed by atoms with van der Waals surface area (Å²) in [4.78, 5) is 3.94. The van der Waals surface area contributed by atoms with Gasteiger partial charge in [-0.25, -0.2) is 0 Å². The quantitative estimate of drug-likeness (QED) is 0.776. The number of rotatable bonds is 3. The molecule has 0 amide bonds. The Labute approximate surface area is 83.2 Å². The monoisotopic (exact) mass is 194 g/mol. The molecule has 1 N–H and O–H groups in total. The van der Waals surface area contributed by atoms with E-state index in [1.807, 2.05) is 12.1 Å². The van der Waals surface area contributed by atoms with Gasteiger partial charge in [0.25, 0.3) is 0 Å². The maximum absolute atomic E-state index is 5.50. The molecule has 1 saturated heterocycles. The summed E-state index contributed by atoms with van der Waals surface area (Å²) in [7, 11) is 0. The summed E-state index contributed by atoms with van der Waals surface area (Å²) < 4.78 is 10.8. The second-order valence-electron chi connectivity index (χ2n) is 3.18. The first kappa shape index (κ1) is 9.43. The van der Waals surface area contributed by atoms with Crippen LogP contribution in [0, 0.1) is 0 Å². The smallest absolute Gasteiger partial charge is 0.0981 e. The lowest BCUT2D eigenvalue weighted by Gasteiger charge is -2.23. The minimum Gasteiger partial charge on any atom is -0.382 e. The number of hydrogen-bond acceptors (Lipinski definition) is 4. The van der Waals surface area contributed by atoms with Crippen LogP contribution in [0.15, 0.2) is 24.5 Å². The van der Waals surface area contributed by atoms with Crippen molar-refractivity contribution in [2.75, 3.05) is 31.7 Å². The third-order valence-corrected chi connectivity index (χ3v) is 2.10. The predicted molar refractivity (Wildman–Crippen MR) is 53.3 cm³/mol. The number of anilines is 1. The van der Waals surface area contributed by atoms with Crippen molar-refractivity contribution in [1.29, 1.82) is 0 Å². The molecule has 4 heteroatoms. The van der Waals surface area contributed by atoms with Gasteiger partial charge in [0.05, 0.1) is 25.9 Å². The Bertz CT molecular complexity index is 260. The highest BCUT2D eigenvalue weighted by Crippen LogP contribution is 2.06. The second-order valence-corrected chi connectivity index (χ2v) is 3.18. The second kappa shape index (κ2) is 4.93. The summed E-state index contributed by atoms with van der Waals surface area (Å²) in [5, 5.41) is 3.27. The van der Waals surface area contributed by atoms with Gasteiger partial charge in [-0.05, 0) is 12.1 Å². The minimum atomic E-state index is 0.164. The van der Waals surface area contributed by atoms with Crippen LogP contribution in [0.5, 0.6) is 0 Å². The molecule has 0 aliphatic carbocycles. The van der Waals surface area contributed by atoms with Crippen molar-refractivity contribution in [2.24, 2.45) is 0 Å². The zero-order valence-corrected chi connectivity index (χ0v) is 7.98. The SMILES string of the molecule is c1cc(NCC2COCCO2)ccn1. The lowest BCUT2D eigenvalue weighted by Crippen LogP contribution is -2.34. The molecule has 0 spiro atoms. The summed E-state index contributed by atoms with van der Waals surface area (Å²) in [6.07, 6.45) is 3.69. The molecule has 1 unspecified atom stereocenters. The Morgan fingerprint density at radius 3 is 2.93 bits per heavy atom. The van der Waals surface area contributed by atoms with E-state index in [1.165, 1.54) is 0 Å². The Hall–Kier alpha value is -1.13. The number of pyridine rings is 1. The van der Waals surface area contributed by atoms with Crippen LogP contribution < -0.4 is 5.32 Å². The van der Waals surface area contributed by atoms with Crippen LogP contribution in [0.1, 0.15) is 0 Å². The fourth-order valence-corrected chi connectivity index (χ4v) is 1.36. The van der Waals surface area contributed by atoms with Crippen LogP contribution in [-0.4, -0.2) is 37.5 Å². The lowest BCUT2D eigenvalue weighted by molar-refractivity contribution is -0.0818. The number of nitrogens with one attached hydrogen (secondary N) is 1. The van der Waals surface area contributed by atoms with Crippen molar-refractivity contribution in [3.63, 3.8) is 0 Å². The topological polar surface area (TPSA) is 43.4 Å². The summed E-state index contributed by atoms with van der Waals surface area (Å²) in [5.41, 5.74) is 1.06. The van der Waals surface area contributed by atoms with Gasteiger partial charge < -0.3 is 14.8 Å². The normalized spacial score (nSPS) is 21.9. The van der Waals surface area contributed by atoms with E-state index in [2.05, 4.69) is 10.3 Å². The first-order valence-electron chi connectivity index (χ1n) is 4.78. The van der Waals surface area contributed by atoms with Gasteiger partial charge in [0.1, 0.15) is 0 Å². The maximum atomic E-state index is 5.50. The highest BCUT2D eigenvalue weighted by molar-refractivity contribution is 5.40. The molecule has 14 heavy (non-hydrogen) atoms. The van der Waals surface area contributed by atoms with E-state index >= 15 is 0 Å². The number of aromatic nitrogens is 1. The van der Waals surface area contributed by atoms with E-state index in [0.717, 1.165) is 12.2 Å². The largest absolute Gasteiger partial charge is 0.382 e. The van der Waals surface area contributed by atoms with E-state index in [1.54, 1.807) is 12.4 Å². The average Bonchev–Trinajstić information content (AvgIpc) is 2.29. The molecule has 1 aliphatic rings. The molecule has 1 aromatic heterocycles. The van der Waals surface area contributed by atoms with Crippen molar-refractivity contribution in [3.05, 3.63) is 24.5 Å². The first-order valence-corrected chi connectivity index (χ1v) is 4.78. The number of hydrogen-bond donors (Lipinski definition) is 1. The van der Waals surface area contributed by atoms with Crippen molar-refractivity contribution < 1.29 is 9.47 Å². The van der Waals surface area contributed by atoms with E-state index in [-0.39, 0.29) is 6.10 Å². The van der Waals surface area contributed by atoms with E-state index in [0.29, 0.717) is 19.8 Å². The summed E-state index contributed by atoms with van der Waals surface area (Å²) in [5.74, 6) is 0. The average molecular weight is 194 g/mol. The summed E-state index contributed by atoms with van der Waals surface area (Å²) in [6.45, 7) is 2.87. The fourth-order valence-electron chi connectivity index (χ4n) is 1.36. The first-order chi connectivity index (χ1) is 6.95. The molecule has 1 aliphatic heterocycles. The summed E-state index contributed by atoms with van der Waals surface area (Å²) >= 11 is 0. The third kappa shape index (κ3) is 2.68. The standard InChI is InChI=1S/C10H14N2O2/c1-3-11-4-2-9(1)12-7-10-8-13-5-6-14-10/h1-4,10H,5-8H2,(H,11,12). The number of nitrogens with zero attached hydrogens (tertiary/aromatic N) is 1. The minimum absolute atomic E-state index is 0.164. The molecular formula is C10H14N2O2. The van der Waals surface area contributed by atoms with Crippen LogP contribution in [-0.2, 0) is 9.47 Å². The molecule has 0 bridgehead atoms. The maximum Gasteiger partial charge on any atom is 0.0981 e. The predicted octanol–water partition coefficient (Wildman–Crippen LogP) is 0.909. The zero-order valence-electron chi connectivity index (χ0n) is 7.98. The Morgan fingerprint density at radius 1 is 1.36 bits per heavy atom. The van der Waals surface area contributed by atoms with Gasteiger partial charge >= 0.3 is 0 Å². The van der Waals surface area contributed by atoms with Crippen molar-refractivity contribution in [2.45, 2.75) is 6.10 Å². The molecule has 76 valence electrons. The highest BCUT2D eigenvalue weighted by Gasteiger charge is 2.13. The van der Waals surface area contributed by atoms with Gasteiger partial charge in [0, 0.05) is 24.6 Å². The lowest BCUT2D eigenvalue weighted by atomic mass is 10.3. The van der Waals surface area contributed by atoms with Crippen molar-refractivity contribution >= 4 is 5.69 Å². The van der Waals surface area contributed by atoms with Crippen LogP contribution in [0.25, 0.3) is 0 Å². The van der Waals surface area contributed by atoms with Gasteiger partial charge in [-0.1, -0.05) is 0 Å². The molecular weight excluding hydrogens is 180 g/mol. The van der Waals surface area contributed by atoms with Crippen LogP contribution in [0.3, 0.4) is 0 Å². The zero-order chi connectivity index (χ0) is 9.64. The van der Waals surface area contributed by atoms with Crippen molar-refractivity contribution in [3.8, 4) is 0 Å². The highest BCUT2D eigenvalue weighted by atomic mass is 16.6. The van der Waals surface area contributed by atoms with Crippen LogP contribution in [0.4, 0.5) is 5.69 Å². The molecule has 1 fully saturated rings. The van der Waals surface area contributed by atoms with Crippen LogP contribution in [0.2, 0.25) is 0 Å². The van der Waals surface area contributed by atoms with Gasteiger partial charge in [-0.2, -0.15) is 0 Å². The third-order valence-electron chi connectivity index (χ3n) is 2.10. The van der Waals surface area contributed by atoms with E-state index < -0.39 is 0 Å². The Morgan fingerprint density at radius 2 is 2.21 bits per heavy atom. The van der Waals surface area contributed by atoms with E-state index in [4.69, 9.17) is 9.47 Å². The molecule has 1 aromatic rings. The van der Waals surface area contributed by atoms with Crippen LogP contribution >= 0.6 is 0 Å². The molecule has 0 saturated carbocycles. The Kier molecular flexibility index (Phi) is 3.32. The van der Waals surface area contributed by atoms with Gasteiger partial charge in [-0.15, -0.1) is 0 Å². The molecule has 1 atom stereocenters. The van der Waals surface area contributed by atoms with Gasteiger partial charge in [0.15, 0.2) is 0 Å². The molecule has 0 radical (unpaired) electrons. The summed E-state index contributed by atoms with van der Waals surface area (Å²) in [6, 6.07) is 3.87. The fraction of sp³-hybridized carbons (Fsp3) is 0.500. The molecule has 2 rings (SSSR count). The molecule has 4 nitrogen and oxygen atoms in total. The Balaban J connectivity index is 1.76.